The molecule has 1 aliphatic heterocycles. The van der Waals surface area contributed by atoms with Crippen molar-refractivity contribution in [2.24, 2.45) is 0 Å². The Morgan fingerprint density at radius 2 is 1.79 bits per heavy atom. The van der Waals surface area contributed by atoms with E-state index in [0.29, 0.717) is 21.3 Å². The van der Waals surface area contributed by atoms with Crippen molar-refractivity contribution in [1.29, 1.82) is 0 Å². The smallest absolute Gasteiger partial charge is 0.301 e. The molecule has 5 nitrogen and oxygen atoms in total. The number of fused-ring (bicyclic) bond motifs is 1. The summed E-state index contributed by atoms with van der Waals surface area (Å²) in [5.41, 5.74) is 3.08. The van der Waals surface area contributed by atoms with Gasteiger partial charge in [0.1, 0.15) is 5.76 Å². The molecule has 0 bridgehead atoms. The van der Waals surface area contributed by atoms with E-state index < -0.39 is 17.7 Å². The molecule has 0 radical (unpaired) electrons. The summed E-state index contributed by atoms with van der Waals surface area (Å²) < 4.78 is 0.941. The lowest BCUT2D eigenvalue weighted by atomic mass is 9.95. The van der Waals surface area contributed by atoms with Gasteiger partial charge >= 0.3 is 5.91 Å². The summed E-state index contributed by atoms with van der Waals surface area (Å²) in [6, 6.07) is 20.9. The molecule has 2 heterocycles. The first kappa shape index (κ1) is 21.4. The van der Waals surface area contributed by atoms with Crippen LogP contribution in [0.1, 0.15) is 29.7 Å². The molecule has 7 heteroatoms. The van der Waals surface area contributed by atoms with Gasteiger partial charge in [-0.2, -0.15) is 0 Å². The minimum Gasteiger partial charge on any atom is -0.507 e. The number of benzene rings is 3. The molecule has 0 saturated carbocycles. The van der Waals surface area contributed by atoms with Gasteiger partial charge in [-0.1, -0.05) is 66.3 Å². The summed E-state index contributed by atoms with van der Waals surface area (Å²) in [5, 5.41) is 12.1. The van der Waals surface area contributed by atoms with Crippen molar-refractivity contribution in [2.45, 2.75) is 19.4 Å². The number of hydrogen-bond acceptors (Lipinski definition) is 5. The number of aryl methyl sites for hydroxylation is 1. The molecule has 3 aromatic carbocycles. The number of nitrogens with zero attached hydrogens (tertiary/aromatic N) is 2. The third-order valence-corrected chi connectivity index (χ3v) is 7.00. The number of thiazole rings is 1. The van der Waals surface area contributed by atoms with E-state index in [1.807, 2.05) is 42.5 Å². The summed E-state index contributed by atoms with van der Waals surface area (Å²) in [6.45, 7) is 2.08. The monoisotopic (exact) mass is 474 g/mol. The molecule has 33 heavy (non-hydrogen) atoms. The van der Waals surface area contributed by atoms with Gasteiger partial charge in [0.2, 0.25) is 0 Å². The summed E-state index contributed by atoms with van der Waals surface area (Å²) in [6.07, 6.45) is 0.888. The number of carbonyl (C=O) groups excluding carboxylic acids is 2. The van der Waals surface area contributed by atoms with Crippen LogP contribution in [0.4, 0.5) is 5.13 Å². The number of Topliss-reactive ketones (excluding diaryl/α,β-unsaturated/α-hetero) is 1. The van der Waals surface area contributed by atoms with E-state index in [0.717, 1.165) is 16.6 Å². The van der Waals surface area contributed by atoms with E-state index >= 15 is 0 Å². The van der Waals surface area contributed by atoms with Crippen LogP contribution in [0, 0.1) is 0 Å². The molecule has 1 aromatic heterocycles. The largest absolute Gasteiger partial charge is 0.507 e. The molecule has 0 spiro atoms. The Kier molecular flexibility index (Phi) is 5.48. The number of carbonyl (C=O) groups is 2. The van der Waals surface area contributed by atoms with E-state index in [1.165, 1.54) is 21.8 Å². The maximum Gasteiger partial charge on any atom is 0.301 e. The topological polar surface area (TPSA) is 70.5 Å². The van der Waals surface area contributed by atoms with Gasteiger partial charge in [-0.05, 0) is 53.9 Å². The van der Waals surface area contributed by atoms with Crippen molar-refractivity contribution in [3.63, 3.8) is 0 Å². The average molecular weight is 475 g/mol. The number of ketones is 1. The van der Waals surface area contributed by atoms with Crippen LogP contribution >= 0.6 is 22.9 Å². The maximum atomic E-state index is 13.3. The Morgan fingerprint density at radius 3 is 2.48 bits per heavy atom. The Labute approximate surface area is 199 Å². The number of aliphatic hydroxyl groups is 1. The fourth-order valence-electron chi connectivity index (χ4n) is 4.02. The van der Waals surface area contributed by atoms with Crippen molar-refractivity contribution in [1.82, 2.24) is 4.98 Å². The third kappa shape index (κ3) is 3.71. The maximum absolute atomic E-state index is 13.3. The SMILES string of the molecule is CCc1ccc2nc(N3C(=O)C(=O)C(=C(O)c4ccc(Cl)cc4)C3c3ccccc3)sc2c1. The first-order valence-electron chi connectivity index (χ1n) is 10.5. The second-order valence-corrected chi connectivity index (χ2v) is 9.18. The van der Waals surface area contributed by atoms with Crippen LogP contribution in [-0.2, 0) is 16.0 Å². The zero-order valence-electron chi connectivity index (χ0n) is 17.7. The molecule has 5 rings (SSSR count). The van der Waals surface area contributed by atoms with Gasteiger partial charge in [0.15, 0.2) is 5.13 Å². The van der Waals surface area contributed by atoms with Gasteiger partial charge in [0.05, 0.1) is 21.8 Å². The van der Waals surface area contributed by atoms with Crippen LogP contribution in [0.25, 0.3) is 16.0 Å². The number of aliphatic hydroxyl groups excluding tert-OH is 1. The van der Waals surface area contributed by atoms with E-state index in [4.69, 9.17) is 11.6 Å². The molecule has 164 valence electrons. The number of amides is 1. The van der Waals surface area contributed by atoms with E-state index in [9.17, 15) is 14.7 Å². The molecule has 1 aliphatic rings. The highest BCUT2D eigenvalue weighted by Gasteiger charge is 2.48. The standard InChI is InChI=1S/C26H19ClN2O3S/c1-2-15-8-13-19-20(14-15)33-26(28-19)29-22(16-6-4-3-5-7-16)21(24(31)25(29)32)23(30)17-9-11-18(27)12-10-17/h3-14,22,30H,2H2,1H3. The molecular formula is C26H19ClN2O3S. The van der Waals surface area contributed by atoms with Crippen molar-refractivity contribution >= 4 is 55.7 Å². The van der Waals surface area contributed by atoms with E-state index in [-0.39, 0.29) is 11.3 Å². The Bertz CT molecular complexity index is 1410. The normalized spacial score (nSPS) is 17.8. The van der Waals surface area contributed by atoms with Gasteiger partial charge in [-0.25, -0.2) is 4.98 Å². The number of halogens is 1. The number of anilines is 1. The van der Waals surface area contributed by atoms with Crippen LogP contribution in [0.15, 0.2) is 78.4 Å². The van der Waals surface area contributed by atoms with E-state index in [1.54, 1.807) is 24.3 Å². The fourth-order valence-corrected chi connectivity index (χ4v) is 5.21. The van der Waals surface area contributed by atoms with Gasteiger partial charge < -0.3 is 5.11 Å². The van der Waals surface area contributed by atoms with Crippen molar-refractivity contribution < 1.29 is 14.7 Å². The Balaban J connectivity index is 1.71. The quantitative estimate of drug-likeness (QED) is 0.219. The molecule has 1 saturated heterocycles. The first-order chi connectivity index (χ1) is 16.0. The molecule has 1 unspecified atom stereocenters. The fraction of sp³-hybridized carbons (Fsp3) is 0.115. The highest BCUT2D eigenvalue weighted by Crippen LogP contribution is 2.44. The van der Waals surface area contributed by atoms with Crippen LogP contribution in [0.3, 0.4) is 0 Å². The summed E-state index contributed by atoms with van der Waals surface area (Å²) >= 11 is 7.34. The lowest BCUT2D eigenvalue weighted by molar-refractivity contribution is -0.132. The molecule has 1 N–H and O–H groups in total. The number of rotatable bonds is 4. The number of hydrogen-bond donors (Lipinski definition) is 1. The Morgan fingerprint density at radius 1 is 1.06 bits per heavy atom. The summed E-state index contributed by atoms with van der Waals surface area (Å²) in [4.78, 5) is 32.5. The summed E-state index contributed by atoms with van der Waals surface area (Å²) in [5.74, 6) is -1.70. The molecule has 1 atom stereocenters. The molecular weight excluding hydrogens is 456 g/mol. The third-order valence-electron chi connectivity index (χ3n) is 5.73. The van der Waals surface area contributed by atoms with Gasteiger partial charge in [0, 0.05) is 10.6 Å². The average Bonchev–Trinajstić information content (AvgIpc) is 3.37. The molecule has 1 fully saturated rings. The van der Waals surface area contributed by atoms with Crippen LogP contribution in [-0.4, -0.2) is 21.8 Å². The van der Waals surface area contributed by atoms with Gasteiger partial charge in [-0.15, -0.1) is 0 Å². The lowest BCUT2D eigenvalue weighted by Gasteiger charge is -2.22. The van der Waals surface area contributed by atoms with Gasteiger partial charge in [-0.3, -0.25) is 14.5 Å². The van der Waals surface area contributed by atoms with Crippen molar-refractivity contribution in [3.8, 4) is 0 Å². The Hall–Kier alpha value is -3.48. The zero-order valence-corrected chi connectivity index (χ0v) is 19.2. The van der Waals surface area contributed by atoms with Crippen LogP contribution in [0.2, 0.25) is 5.02 Å². The van der Waals surface area contributed by atoms with Crippen LogP contribution < -0.4 is 4.90 Å². The summed E-state index contributed by atoms with van der Waals surface area (Å²) in [7, 11) is 0. The predicted octanol–water partition coefficient (Wildman–Crippen LogP) is 6.14. The van der Waals surface area contributed by atoms with Crippen molar-refractivity contribution in [2.75, 3.05) is 4.90 Å². The highest BCUT2D eigenvalue weighted by atomic mass is 35.5. The number of aromatic nitrogens is 1. The van der Waals surface area contributed by atoms with Crippen molar-refractivity contribution in [3.05, 3.63) is 100 Å². The second kappa shape index (κ2) is 8.46. The van der Waals surface area contributed by atoms with Gasteiger partial charge in [0.25, 0.3) is 5.78 Å². The molecule has 1 amide bonds. The lowest BCUT2D eigenvalue weighted by Crippen LogP contribution is -2.29. The van der Waals surface area contributed by atoms with Crippen LogP contribution in [0.5, 0.6) is 0 Å². The second-order valence-electron chi connectivity index (χ2n) is 7.74. The highest BCUT2D eigenvalue weighted by molar-refractivity contribution is 7.22. The minimum absolute atomic E-state index is 0.0297. The zero-order chi connectivity index (χ0) is 23.1. The van der Waals surface area contributed by atoms with E-state index in [2.05, 4.69) is 18.0 Å². The first-order valence-corrected chi connectivity index (χ1v) is 11.7. The molecule has 0 aliphatic carbocycles. The predicted molar refractivity (Wildman–Crippen MR) is 132 cm³/mol. The minimum atomic E-state index is -0.798. The molecule has 4 aromatic rings.